The Balaban J connectivity index is 1.92. The average molecular weight is 422 g/mol. The van der Waals surface area contributed by atoms with Gasteiger partial charge in [0.15, 0.2) is 0 Å². The second-order valence-corrected chi connectivity index (χ2v) is 6.58. The van der Waals surface area contributed by atoms with E-state index in [1.807, 2.05) is 24.3 Å². The molecule has 0 bridgehead atoms. The Hall–Kier alpha value is -4.07. The molecule has 160 valence electrons. The Bertz CT molecular complexity index is 1120. The zero-order valence-electron chi connectivity index (χ0n) is 17.1. The molecule has 31 heavy (non-hydrogen) atoms. The van der Waals surface area contributed by atoms with Crippen molar-refractivity contribution in [2.75, 3.05) is 14.2 Å². The highest BCUT2D eigenvalue weighted by Gasteiger charge is 2.15. The molecule has 3 aromatic rings. The number of carboxylic acids is 1. The van der Waals surface area contributed by atoms with E-state index in [0.29, 0.717) is 16.9 Å². The van der Waals surface area contributed by atoms with Gasteiger partial charge in [-0.15, -0.1) is 5.10 Å². The predicted molar refractivity (Wildman–Crippen MR) is 115 cm³/mol. The SMILES string of the molecule is COc1ccc(COc2n[nH]c(=O)c(Cc3ccc(OC)cc3)c2/C=C/C(=O)O)cc1. The highest BCUT2D eigenvalue weighted by Crippen LogP contribution is 2.23. The fourth-order valence-electron chi connectivity index (χ4n) is 2.91. The maximum atomic E-state index is 12.5. The lowest BCUT2D eigenvalue weighted by molar-refractivity contribution is -0.131. The Morgan fingerprint density at radius 2 is 1.58 bits per heavy atom. The van der Waals surface area contributed by atoms with Crippen molar-refractivity contribution in [3.05, 3.63) is 87.2 Å². The third kappa shape index (κ3) is 5.72. The van der Waals surface area contributed by atoms with E-state index >= 15 is 0 Å². The number of carboxylic acid groups (broad SMARTS) is 1. The zero-order valence-corrected chi connectivity index (χ0v) is 17.1. The maximum Gasteiger partial charge on any atom is 0.328 e. The molecule has 0 aliphatic heterocycles. The third-order valence-electron chi connectivity index (χ3n) is 4.56. The van der Waals surface area contributed by atoms with Gasteiger partial charge in [0.25, 0.3) is 5.56 Å². The molecule has 0 saturated carbocycles. The van der Waals surface area contributed by atoms with Gasteiger partial charge in [-0.05, 0) is 41.5 Å². The fraction of sp³-hybridized carbons (Fsp3) is 0.174. The number of rotatable bonds is 9. The Morgan fingerprint density at radius 1 is 1.00 bits per heavy atom. The molecular formula is C23H22N2O6. The van der Waals surface area contributed by atoms with E-state index in [9.17, 15) is 9.59 Å². The number of hydrogen-bond acceptors (Lipinski definition) is 6. The van der Waals surface area contributed by atoms with Crippen LogP contribution in [0.4, 0.5) is 0 Å². The van der Waals surface area contributed by atoms with Crippen molar-refractivity contribution in [1.82, 2.24) is 10.2 Å². The van der Waals surface area contributed by atoms with Crippen LogP contribution in [0.1, 0.15) is 22.3 Å². The van der Waals surface area contributed by atoms with Crippen LogP contribution in [0.3, 0.4) is 0 Å². The lowest BCUT2D eigenvalue weighted by Gasteiger charge is -2.12. The van der Waals surface area contributed by atoms with Crippen LogP contribution in [0.2, 0.25) is 0 Å². The number of aromatic nitrogens is 2. The number of H-pyrrole nitrogens is 1. The van der Waals surface area contributed by atoms with Crippen molar-refractivity contribution in [3.63, 3.8) is 0 Å². The van der Waals surface area contributed by atoms with Gasteiger partial charge in [-0.3, -0.25) is 4.79 Å². The van der Waals surface area contributed by atoms with Gasteiger partial charge in [0.2, 0.25) is 5.88 Å². The molecule has 2 N–H and O–H groups in total. The molecule has 0 fully saturated rings. The molecule has 0 amide bonds. The summed E-state index contributed by atoms with van der Waals surface area (Å²) in [6.07, 6.45) is 2.54. The smallest absolute Gasteiger partial charge is 0.328 e. The number of carbonyl (C=O) groups is 1. The van der Waals surface area contributed by atoms with E-state index in [2.05, 4.69) is 10.2 Å². The lowest BCUT2D eigenvalue weighted by atomic mass is 10.0. The van der Waals surface area contributed by atoms with Gasteiger partial charge in [-0.2, -0.15) is 0 Å². The van der Waals surface area contributed by atoms with Gasteiger partial charge in [-0.25, -0.2) is 9.89 Å². The van der Waals surface area contributed by atoms with Gasteiger partial charge in [-0.1, -0.05) is 24.3 Å². The first-order valence-corrected chi connectivity index (χ1v) is 9.41. The molecule has 0 saturated heterocycles. The Labute approximate surface area is 178 Å². The van der Waals surface area contributed by atoms with Crippen molar-refractivity contribution >= 4 is 12.0 Å². The predicted octanol–water partition coefficient (Wildman–Crippen LogP) is 3.05. The summed E-state index contributed by atoms with van der Waals surface area (Å²) in [6, 6.07) is 14.5. The highest BCUT2D eigenvalue weighted by atomic mass is 16.5. The van der Waals surface area contributed by atoms with E-state index < -0.39 is 11.5 Å². The van der Waals surface area contributed by atoms with Crippen LogP contribution in [0.15, 0.2) is 59.4 Å². The summed E-state index contributed by atoms with van der Waals surface area (Å²) in [5, 5.41) is 15.5. The Morgan fingerprint density at radius 3 is 2.13 bits per heavy atom. The summed E-state index contributed by atoms with van der Waals surface area (Å²) in [7, 11) is 3.16. The molecule has 0 aliphatic rings. The number of methoxy groups -OCH3 is 2. The minimum Gasteiger partial charge on any atom is -0.497 e. The standard InChI is InChI=1S/C23H22N2O6/c1-29-17-7-3-15(4-8-17)13-20-19(11-12-21(26)27)23(25-24-22(20)28)31-14-16-5-9-18(30-2)10-6-16/h3-12H,13-14H2,1-2H3,(H,24,28)(H,26,27)/b12-11+. The fourth-order valence-corrected chi connectivity index (χ4v) is 2.91. The second kappa shape index (κ2) is 10.1. The molecule has 0 aliphatic carbocycles. The molecule has 0 spiro atoms. The van der Waals surface area contributed by atoms with E-state index in [1.165, 1.54) is 6.08 Å². The summed E-state index contributed by atoms with van der Waals surface area (Å²) in [6.45, 7) is 0.179. The van der Waals surface area contributed by atoms with Gasteiger partial charge in [0.1, 0.15) is 18.1 Å². The monoisotopic (exact) mass is 422 g/mol. The quantitative estimate of drug-likeness (QED) is 0.510. The molecule has 0 atom stereocenters. The molecule has 1 aromatic heterocycles. The number of benzene rings is 2. The van der Waals surface area contributed by atoms with Crippen LogP contribution >= 0.6 is 0 Å². The van der Waals surface area contributed by atoms with Crippen LogP contribution in [-0.2, 0) is 17.8 Å². The number of nitrogens with one attached hydrogen (secondary N) is 1. The molecular weight excluding hydrogens is 400 g/mol. The van der Waals surface area contributed by atoms with Crippen LogP contribution in [-0.4, -0.2) is 35.5 Å². The van der Waals surface area contributed by atoms with Crippen molar-refractivity contribution < 1.29 is 24.1 Å². The van der Waals surface area contributed by atoms with Gasteiger partial charge >= 0.3 is 5.97 Å². The molecule has 3 rings (SSSR count). The second-order valence-electron chi connectivity index (χ2n) is 6.58. The van der Waals surface area contributed by atoms with Crippen LogP contribution in [0.5, 0.6) is 17.4 Å². The van der Waals surface area contributed by atoms with Crippen molar-refractivity contribution in [2.45, 2.75) is 13.0 Å². The van der Waals surface area contributed by atoms with Gasteiger partial charge in [0, 0.05) is 23.6 Å². The van der Waals surface area contributed by atoms with E-state index in [-0.39, 0.29) is 18.9 Å². The summed E-state index contributed by atoms with van der Waals surface area (Å²) in [4.78, 5) is 23.6. The minimum atomic E-state index is -1.14. The minimum absolute atomic E-state index is 0.136. The molecule has 8 nitrogen and oxygen atoms in total. The zero-order chi connectivity index (χ0) is 22.2. The molecule has 2 aromatic carbocycles. The van der Waals surface area contributed by atoms with E-state index in [4.69, 9.17) is 19.3 Å². The van der Waals surface area contributed by atoms with Crippen molar-refractivity contribution in [1.29, 1.82) is 0 Å². The van der Waals surface area contributed by atoms with Gasteiger partial charge in [0.05, 0.1) is 14.2 Å². The topological polar surface area (TPSA) is 111 Å². The molecule has 0 unspecified atom stereocenters. The first-order chi connectivity index (χ1) is 15.0. The number of hydrogen-bond donors (Lipinski definition) is 2. The van der Waals surface area contributed by atoms with E-state index in [0.717, 1.165) is 23.0 Å². The Kier molecular flexibility index (Phi) is 7.05. The summed E-state index contributed by atoms with van der Waals surface area (Å²) < 4.78 is 16.1. The average Bonchev–Trinajstić information content (AvgIpc) is 2.79. The summed E-state index contributed by atoms with van der Waals surface area (Å²) >= 11 is 0. The van der Waals surface area contributed by atoms with Crippen molar-refractivity contribution in [2.24, 2.45) is 0 Å². The number of nitrogens with zero attached hydrogens (tertiary/aromatic N) is 1. The van der Waals surface area contributed by atoms with Gasteiger partial charge < -0.3 is 19.3 Å². The number of ether oxygens (including phenoxy) is 3. The largest absolute Gasteiger partial charge is 0.497 e. The maximum absolute atomic E-state index is 12.5. The summed E-state index contributed by atoms with van der Waals surface area (Å²) in [5.74, 6) is 0.410. The van der Waals surface area contributed by atoms with E-state index in [1.54, 1.807) is 38.5 Å². The highest BCUT2D eigenvalue weighted by molar-refractivity contribution is 5.86. The summed E-state index contributed by atoms with van der Waals surface area (Å²) in [5.41, 5.74) is 1.96. The normalized spacial score (nSPS) is 10.8. The van der Waals surface area contributed by atoms with Crippen LogP contribution in [0, 0.1) is 0 Å². The molecule has 8 heteroatoms. The first-order valence-electron chi connectivity index (χ1n) is 9.41. The van der Waals surface area contributed by atoms with Crippen LogP contribution < -0.4 is 19.8 Å². The number of aliphatic carboxylic acids is 1. The van der Waals surface area contributed by atoms with Crippen LogP contribution in [0.25, 0.3) is 6.08 Å². The first kappa shape index (κ1) is 21.6. The molecule has 1 heterocycles. The van der Waals surface area contributed by atoms with Crippen molar-refractivity contribution in [3.8, 4) is 17.4 Å². The lowest BCUT2D eigenvalue weighted by Crippen LogP contribution is -2.18. The molecule has 0 radical (unpaired) electrons. The third-order valence-corrected chi connectivity index (χ3v) is 4.56. The number of aromatic amines is 1.